The van der Waals surface area contributed by atoms with Gasteiger partial charge < -0.3 is 9.64 Å². The number of methoxy groups -OCH3 is 1. The predicted molar refractivity (Wildman–Crippen MR) is 118 cm³/mol. The molecule has 3 atom stereocenters. The first kappa shape index (κ1) is 22.5. The van der Waals surface area contributed by atoms with Gasteiger partial charge in [0.15, 0.2) is 0 Å². The molecule has 0 radical (unpaired) electrons. The van der Waals surface area contributed by atoms with Crippen molar-refractivity contribution in [2.24, 2.45) is 17.8 Å². The number of amides is 3. The summed E-state index contributed by atoms with van der Waals surface area (Å²) in [7, 11) is 3.29. The van der Waals surface area contributed by atoms with Gasteiger partial charge >= 0.3 is 0 Å². The lowest BCUT2D eigenvalue weighted by Crippen LogP contribution is -2.50. The lowest BCUT2D eigenvalue weighted by molar-refractivity contribution is -0.152. The van der Waals surface area contributed by atoms with Gasteiger partial charge in [-0.1, -0.05) is 41.9 Å². The SMILES string of the molecule is COc1ccc(Br)cc1CN(C)C(=O)C(CC(C)C)N1C(=O)C2CC=CCC2C1=O. The molecule has 0 N–H and O–H groups in total. The molecule has 0 spiro atoms. The number of likely N-dealkylation sites (tertiary alicyclic amines) is 1. The molecule has 30 heavy (non-hydrogen) atoms. The average molecular weight is 477 g/mol. The van der Waals surface area contributed by atoms with Crippen LogP contribution in [0.3, 0.4) is 0 Å². The van der Waals surface area contributed by atoms with E-state index in [-0.39, 0.29) is 35.5 Å². The summed E-state index contributed by atoms with van der Waals surface area (Å²) in [6.07, 6.45) is 5.50. The first-order valence-electron chi connectivity index (χ1n) is 10.3. The summed E-state index contributed by atoms with van der Waals surface area (Å²) in [6, 6.07) is 4.85. The van der Waals surface area contributed by atoms with Crippen LogP contribution in [0.25, 0.3) is 0 Å². The van der Waals surface area contributed by atoms with Crippen molar-refractivity contribution in [3.8, 4) is 5.75 Å². The molecule has 1 heterocycles. The van der Waals surface area contributed by atoms with Gasteiger partial charge in [-0.25, -0.2) is 0 Å². The number of benzene rings is 1. The monoisotopic (exact) mass is 476 g/mol. The smallest absolute Gasteiger partial charge is 0.245 e. The molecule has 1 fully saturated rings. The Balaban J connectivity index is 1.85. The van der Waals surface area contributed by atoms with Crippen molar-refractivity contribution >= 4 is 33.7 Å². The van der Waals surface area contributed by atoms with Gasteiger partial charge in [0, 0.05) is 23.6 Å². The molecule has 1 saturated heterocycles. The Morgan fingerprint density at radius 3 is 2.33 bits per heavy atom. The van der Waals surface area contributed by atoms with E-state index in [9.17, 15) is 14.4 Å². The average Bonchev–Trinajstić information content (AvgIpc) is 2.96. The third-order valence-corrected chi connectivity index (χ3v) is 6.35. The number of hydrogen-bond donors (Lipinski definition) is 0. The minimum Gasteiger partial charge on any atom is -0.496 e. The highest BCUT2D eigenvalue weighted by Crippen LogP contribution is 2.37. The van der Waals surface area contributed by atoms with E-state index in [4.69, 9.17) is 4.74 Å². The number of nitrogens with zero attached hydrogens (tertiary/aromatic N) is 2. The second-order valence-corrected chi connectivity index (χ2v) is 9.41. The molecule has 3 unspecified atom stereocenters. The number of fused-ring (bicyclic) bond motifs is 1. The van der Waals surface area contributed by atoms with Crippen LogP contribution in [0.4, 0.5) is 0 Å². The molecule has 0 aromatic heterocycles. The molecule has 3 amide bonds. The first-order valence-corrected chi connectivity index (χ1v) is 11.1. The number of imide groups is 1. The summed E-state index contributed by atoms with van der Waals surface area (Å²) < 4.78 is 6.31. The summed E-state index contributed by atoms with van der Waals surface area (Å²) in [5, 5.41) is 0. The minimum absolute atomic E-state index is 0.161. The molecule has 1 aromatic carbocycles. The Labute approximate surface area is 186 Å². The lowest BCUT2D eigenvalue weighted by atomic mass is 9.85. The maximum Gasteiger partial charge on any atom is 0.245 e. The topological polar surface area (TPSA) is 66.9 Å². The Bertz CT molecular complexity index is 841. The van der Waals surface area contributed by atoms with E-state index in [0.717, 1.165) is 10.0 Å². The van der Waals surface area contributed by atoms with Crippen LogP contribution in [-0.2, 0) is 20.9 Å². The fraction of sp³-hybridized carbons (Fsp3) is 0.522. The Morgan fingerprint density at radius 2 is 1.80 bits per heavy atom. The van der Waals surface area contributed by atoms with E-state index in [1.54, 1.807) is 19.1 Å². The zero-order valence-electron chi connectivity index (χ0n) is 17.9. The van der Waals surface area contributed by atoms with Gasteiger partial charge in [0.25, 0.3) is 0 Å². The minimum atomic E-state index is -0.779. The summed E-state index contributed by atoms with van der Waals surface area (Å²) >= 11 is 3.46. The molecular weight excluding hydrogens is 448 g/mol. The Morgan fingerprint density at radius 1 is 1.20 bits per heavy atom. The van der Waals surface area contributed by atoms with Crippen molar-refractivity contribution in [3.63, 3.8) is 0 Å². The van der Waals surface area contributed by atoms with E-state index in [0.29, 0.717) is 31.6 Å². The van der Waals surface area contributed by atoms with Crippen molar-refractivity contribution in [2.45, 2.75) is 45.7 Å². The van der Waals surface area contributed by atoms with Gasteiger partial charge in [-0.15, -0.1) is 0 Å². The number of ether oxygens (including phenoxy) is 1. The number of allylic oxidation sites excluding steroid dienone is 2. The third kappa shape index (κ3) is 4.46. The molecule has 0 bridgehead atoms. The molecule has 6 nitrogen and oxygen atoms in total. The first-order chi connectivity index (χ1) is 14.2. The molecule has 3 rings (SSSR count). The van der Waals surface area contributed by atoms with E-state index >= 15 is 0 Å². The van der Waals surface area contributed by atoms with E-state index in [2.05, 4.69) is 15.9 Å². The second-order valence-electron chi connectivity index (χ2n) is 8.50. The summed E-state index contributed by atoms with van der Waals surface area (Å²) in [5.41, 5.74) is 0.850. The van der Waals surface area contributed by atoms with Gasteiger partial charge in [-0.3, -0.25) is 19.3 Å². The van der Waals surface area contributed by atoms with Gasteiger partial charge in [-0.05, 0) is 43.4 Å². The summed E-state index contributed by atoms with van der Waals surface area (Å²) in [4.78, 5) is 42.5. The number of hydrogen-bond acceptors (Lipinski definition) is 4. The lowest BCUT2D eigenvalue weighted by Gasteiger charge is -2.31. The van der Waals surface area contributed by atoms with E-state index in [1.807, 2.05) is 44.2 Å². The molecule has 0 saturated carbocycles. The molecule has 1 aromatic rings. The summed E-state index contributed by atoms with van der Waals surface area (Å²) in [6.45, 7) is 4.31. The van der Waals surface area contributed by atoms with Crippen LogP contribution in [0.5, 0.6) is 5.75 Å². The number of carbonyl (C=O) groups is 3. The molecule has 162 valence electrons. The maximum absolute atomic E-state index is 13.5. The number of rotatable bonds is 7. The van der Waals surface area contributed by atoms with Gasteiger partial charge in [0.2, 0.25) is 17.7 Å². The van der Waals surface area contributed by atoms with E-state index < -0.39 is 6.04 Å². The van der Waals surface area contributed by atoms with Crippen LogP contribution in [-0.4, -0.2) is 47.7 Å². The van der Waals surface area contributed by atoms with Crippen LogP contribution >= 0.6 is 15.9 Å². The predicted octanol–water partition coefficient (Wildman–Crippen LogP) is 3.78. The zero-order chi connectivity index (χ0) is 22.0. The normalized spacial score (nSPS) is 21.7. The van der Waals surface area contributed by atoms with Crippen LogP contribution in [0.2, 0.25) is 0 Å². The highest BCUT2D eigenvalue weighted by atomic mass is 79.9. The van der Waals surface area contributed by atoms with Crippen LogP contribution in [0, 0.1) is 17.8 Å². The fourth-order valence-corrected chi connectivity index (χ4v) is 4.76. The largest absolute Gasteiger partial charge is 0.496 e. The Hall–Kier alpha value is -2.15. The van der Waals surface area contributed by atoms with Crippen LogP contribution in [0.15, 0.2) is 34.8 Å². The summed E-state index contributed by atoms with van der Waals surface area (Å²) in [5.74, 6) is -0.457. The highest BCUT2D eigenvalue weighted by Gasteiger charge is 2.51. The fourth-order valence-electron chi connectivity index (χ4n) is 4.35. The van der Waals surface area contributed by atoms with Gasteiger partial charge in [0.1, 0.15) is 11.8 Å². The third-order valence-electron chi connectivity index (χ3n) is 5.86. The number of carbonyl (C=O) groups excluding carboxylic acids is 3. The standard InChI is InChI=1S/C23H29BrN2O4/c1-14(2)11-19(26-21(27)17-7-5-6-8-18(17)22(26)28)23(29)25(3)13-15-12-16(24)9-10-20(15)30-4/h5-6,9-10,12,14,17-19H,7-8,11,13H2,1-4H3. The highest BCUT2D eigenvalue weighted by molar-refractivity contribution is 9.10. The molecule has 1 aliphatic carbocycles. The van der Waals surface area contributed by atoms with Gasteiger partial charge in [0.05, 0.1) is 18.9 Å². The zero-order valence-corrected chi connectivity index (χ0v) is 19.5. The molecular formula is C23H29BrN2O4. The van der Waals surface area contributed by atoms with Crippen molar-refractivity contribution in [3.05, 3.63) is 40.4 Å². The van der Waals surface area contributed by atoms with Crippen molar-refractivity contribution in [2.75, 3.05) is 14.2 Å². The Kier molecular flexibility index (Phi) is 7.01. The molecule has 2 aliphatic rings. The van der Waals surface area contributed by atoms with Crippen molar-refractivity contribution < 1.29 is 19.1 Å². The molecule has 1 aliphatic heterocycles. The van der Waals surface area contributed by atoms with Crippen molar-refractivity contribution in [1.82, 2.24) is 9.80 Å². The van der Waals surface area contributed by atoms with E-state index in [1.165, 1.54) is 4.90 Å². The maximum atomic E-state index is 13.5. The van der Waals surface area contributed by atoms with Crippen molar-refractivity contribution in [1.29, 1.82) is 0 Å². The van der Waals surface area contributed by atoms with Gasteiger partial charge in [-0.2, -0.15) is 0 Å². The quantitative estimate of drug-likeness (QED) is 0.443. The molecule has 7 heteroatoms. The number of halogens is 1. The van der Waals surface area contributed by atoms with Crippen LogP contribution < -0.4 is 4.74 Å². The number of likely N-dealkylation sites (N-methyl/N-ethyl adjacent to an activating group) is 1. The van der Waals surface area contributed by atoms with Crippen LogP contribution in [0.1, 0.15) is 38.7 Å². The second kappa shape index (κ2) is 9.33.